The fourth-order valence-electron chi connectivity index (χ4n) is 4.34. The zero-order valence-electron chi connectivity index (χ0n) is 15.4. The van der Waals surface area contributed by atoms with Gasteiger partial charge >= 0.3 is 5.97 Å². The Kier molecular flexibility index (Phi) is 5.54. The second kappa shape index (κ2) is 7.07. The van der Waals surface area contributed by atoms with E-state index in [2.05, 4.69) is 32.0 Å². The van der Waals surface area contributed by atoms with Gasteiger partial charge in [-0.15, -0.1) is 0 Å². The first kappa shape index (κ1) is 18.0. The lowest BCUT2D eigenvalue weighted by Crippen LogP contribution is -2.38. The number of hydrogen-bond acceptors (Lipinski definition) is 1. The molecule has 3 unspecified atom stereocenters. The van der Waals surface area contributed by atoms with Crippen LogP contribution in [0.2, 0.25) is 0 Å². The molecule has 128 valence electrons. The van der Waals surface area contributed by atoms with E-state index in [1.807, 2.05) is 20.8 Å². The van der Waals surface area contributed by atoms with E-state index in [0.717, 1.165) is 32.1 Å². The maximum absolute atomic E-state index is 11.5. The molecule has 0 radical (unpaired) electrons. The zero-order valence-corrected chi connectivity index (χ0v) is 15.4. The summed E-state index contributed by atoms with van der Waals surface area (Å²) in [4.78, 5) is 11.5. The number of aryl methyl sites for hydroxylation is 1. The summed E-state index contributed by atoms with van der Waals surface area (Å²) in [6.07, 6.45) is 4.96. The number of hydrogen-bond donors (Lipinski definition) is 1. The molecule has 0 amide bonds. The van der Waals surface area contributed by atoms with E-state index in [4.69, 9.17) is 0 Å². The summed E-state index contributed by atoms with van der Waals surface area (Å²) < 4.78 is 0. The van der Waals surface area contributed by atoms with Crippen molar-refractivity contribution in [2.45, 2.75) is 78.6 Å². The molecule has 2 aliphatic carbocycles. The van der Waals surface area contributed by atoms with Crippen LogP contribution in [0, 0.1) is 11.3 Å². The van der Waals surface area contributed by atoms with Crippen LogP contribution in [0.15, 0.2) is 18.2 Å². The van der Waals surface area contributed by atoms with E-state index >= 15 is 0 Å². The van der Waals surface area contributed by atoms with Crippen molar-refractivity contribution in [3.05, 3.63) is 34.9 Å². The topological polar surface area (TPSA) is 37.3 Å². The SMILES string of the molecule is CC.CC(C)c1ccc2c(c1)CCC1CC(C)(C(=O)O)CCC21. The van der Waals surface area contributed by atoms with E-state index in [1.54, 1.807) is 0 Å². The normalized spacial score (nSPS) is 29.1. The lowest BCUT2D eigenvalue weighted by molar-refractivity contribution is -0.151. The van der Waals surface area contributed by atoms with E-state index in [-0.39, 0.29) is 0 Å². The van der Waals surface area contributed by atoms with Crippen LogP contribution in [0.25, 0.3) is 0 Å². The van der Waals surface area contributed by atoms with Gasteiger partial charge in [0.25, 0.3) is 0 Å². The Morgan fingerprint density at radius 2 is 1.96 bits per heavy atom. The van der Waals surface area contributed by atoms with E-state index in [9.17, 15) is 9.90 Å². The van der Waals surface area contributed by atoms with Gasteiger partial charge in [0.05, 0.1) is 5.41 Å². The van der Waals surface area contributed by atoms with Crippen LogP contribution in [-0.2, 0) is 11.2 Å². The van der Waals surface area contributed by atoms with Gasteiger partial charge in [0, 0.05) is 0 Å². The molecule has 2 heteroatoms. The molecule has 1 N–H and O–H groups in total. The molecule has 0 saturated heterocycles. The Morgan fingerprint density at radius 3 is 2.57 bits per heavy atom. The number of rotatable bonds is 2. The summed E-state index contributed by atoms with van der Waals surface area (Å²) >= 11 is 0. The van der Waals surface area contributed by atoms with Crippen molar-refractivity contribution in [3.8, 4) is 0 Å². The van der Waals surface area contributed by atoms with Crippen molar-refractivity contribution in [2.24, 2.45) is 11.3 Å². The molecule has 1 fully saturated rings. The Bertz CT molecular complexity index is 561. The van der Waals surface area contributed by atoms with Gasteiger partial charge in [-0.2, -0.15) is 0 Å². The van der Waals surface area contributed by atoms with Gasteiger partial charge < -0.3 is 5.11 Å². The lowest BCUT2D eigenvalue weighted by atomic mass is 9.60. The highest BCUT2D eigenvalue weighted by Crippen LogP contribution is 2.51. The fourth-order valence-corrected chi connectivity index (χ4v) is 4.34. The number of carboxylic acids is 1. The molecule has 3 rings (SSSR count). The third kappa shape index (κ3) is 3.46. The number of carbonyl (C=O) groups is 1. The van der Waals surface area contributed by atoms with Crippen LogP contribution in [0.1, 0.15) is 88.8 Å². The number of carboxylic acid groups (broad SMARTS) is 1. The van der Waals surface area contributed by atoms with Gasteiger partial charge in [0.15, 0.2) is 0 Å². The first-order valence-electron chi connectivity index (χ1n) is 9.27. The Balaban J connectivity index is 0.000000924. The van der Waals surface area contributed by atoms with Crippen LogP contribution in [0.3, 0.4) is 0 Å². The first-order valence-corrected chi connectivity index (χ1v) is 9.27. The molecule has 0 spiro atoms. The summed E-state index contributed by atoms with van der Waals surface area (Å²) in [7, 11) is 0. The van der Waals surface area contributed by atoms with Crippen molar-refractivity contribution in [3.63, 3.8) is 0 Å². The quantitative estimate of drug-likeness (QED) is 0.753. The second-order valence-corrected chi connectivity index (χ2v) is 7.63. The number of fused-ring (bicyclic) bond motifs is 3. The van der Waals surface area contributed by atoms with Crippen LogP contribution in [0.5, 0.6) is 0 Å². The summed E-state index contributed by atoms with van der Waals surface area (Å²) in [6.45, 7) is 10.4. The van der Waals surface area contributed by atoms with Crippen LogP contribution >= 0.6 is 0 Å². The summed E-state index contributed by atoms with van der Waals surface area (Å²) in [5.41, 5.74) is 3.94. The minimum atomic E-state index is -0.609. The standard InChI is InChI=1S/C19H26O2.C2H6/c1-12(2)13-6-7-16-14(10-13)4-5-15-11-19(3,18(20)21)9-8-17(15)16;1-2/h6-7,10,12,15,17H,4-5,8-9,11H2,1-3H3,(H,20,21);1-2H3. The van der Waals surface area contributed by atoms with Crippen molar-refractivity contribution >= 4 is 5.97 Å². The highest BCUT2D eigenvalue weighted by Gasteiger charge is 2.44. The lowest BCUT2D eigenvalue weighted by Gasteiger charge is -2.43. The molecule has 23 heavy (non-hydrogen) atoms. The molecular weight excluding hydrogens is 284 g/mol. The Hall–Kier alpha value is -1.31. The third-order valence-corrected chi connectivity index (χ3v) is 5.82. The molecule has 0 aromatic heterocycles. The third-order valence-electron chi connectivity index (χ3n) is 5.82. The maximum atomic E-state index is 11.5. The maximum Gasteiger partial charge on any atom is 0.309 e. The second-order valence-electron chi connectivity index (χ2n) is 7.63. The smallest absolute Gasteiger partial charge is 0.309 e. The monoisotopic (exact) mass is 316 g/mol. The van der Waals surface area contributed by atoms with Gasteiger partial charge in [-0.05, 0) is 73.5 Å². The molecule has 3 atom stereocenters. The molecule has 1 aromatic carbocycles. The summed E-state index contributed by atoms with van der Waals surface area (Å²) in [5, 5.41) is 9.48. The molecule has 0 aliphatic heterocycles. The van der Waals surface area contributed by atoms with Gasteiger partial charge in [0.1, 0.15) is 0 Å². The molecular formula is C21H32O2. The summed E-state index contributed by atoms with van der Waals surface area (Å²) in [6, 6.07) is 6.99. The average molecular weight is 316 g/mol. The van der Waals surface area contributed by atoms with E-state index in [0.29, 0.717) is 17.8 Å². The fraction of sp³-hybridized carbons (Fsp3) is 0.667. The predicted molar refractivity (Wildman–Crippen MR) is 96.0 cm³/mol. The van der Waals surface area contributed by atoms with Gasteiger partial charge in [-0.3, -0.25) is 4.79 Å². The highest BCUT2D eigenvalue weighted by molar-refractivity contribution is 5.74. The molecule has 2 aliphatic rings. The first-order chi connectivity index (χ1) is 10.9. The van der Waals surface area contributed by atoms with Crippen LogP contribution in [0.4, 0.5) is 0 Å². The van der Waals surface area contributed by atoms with Crippen molar-refractivity contribution in [1.82, 2.24) is 0 Å². The molecule has 0 bridgehead atoms. The number of benzene rings is 1. The molecule has 0 heterocycles. The molecule has 1 saturated carbocycles. The molecule has 2 nitrogen and oxygen atoms in total. The van der Waals surface area contributed by atoms with Crippen molar-refractivity contribution in [1.29, 1.82) is 0 Å². The Labute approximate surface area is 141 Å². The van der Waals surface area contributed by atoms with Gasteiger partial charge in [0.2, 0.25) is 0 Å². The minimum Gasteiger partial charge on any atom is -0.481 e. The van der Waals surface area contributed by atoms with Gasteiger partial charge in [-0.25, -0.2) is 0 Å². The summed E-state index contributed by atoms with van der Waals surface area (Å²) in [5.74, 6) is 1.11. The minimum absolute atomic E-state index is 0.503. The van der Waals surface area contributed by atoms with Crippen molar-refractivity contribution in [2.75, 3.05) is 0 Å². The average Bonchev–Trinajstić information content (AvgIpc) is 2.55. The van der Waals surface area contributed by atoms with Crippen LogP contribution < -0.4 is 0 Å². The van der Waals surface area contributed by atoms with Crippen molar-refractivity contribution < 1.29 is 9.90 Å². The predicted octanol–water partition coefficient (Wildman–Crippen LogP) is 5.76. The van der Waals surface area contributed by atoms with E-state index in [1.165, 1.54) is 16.7 Å². The van der Waals surface area contributed by atoms with Gasteiger partial charge in [-0.1, -0.05) is 45.9 Å². The van der Waals surface area contributed by atoms with E-state index < -0.39 is 11.4 Å². The number of aliphatic carboxylic acids is 1. The zero-order chi connectivity index (χ0) is 17.2. The largest absolute Gasteiger partial charge is 0.481 e. The highest BCUT2D eigenvalue weighted by atomic mass is 16.4. The Morgan fingerprint density at radius 1 is 1.26 bits per heavy atom. The molecule has 1 aromatic rings. The van der Waals surface area contributed by atoms with Crippen LogP contribution in [-0.4, -0.2) is 11.1 Å².